The lowest BCUT2D eigenvalue weighted by molar-refractivity contribution is 0.0993. The highest BCUT2D eigenvalue weighted by molar-refractivity contribution is 7.13. The Morgan fingerprint density at radius 3 is 2.52 bits per heavy atom. The number of ether oxygens (including phenoxy) is 1. The smallest absolute Gasteiger partial charge is 0.298 e. The predicted octanol–water partition coefficient (Wildman–Crippen LogP) is 5.19. The molecule has 0 saturated carbocycles. The molecule has 2 aromatic heterocycles. The second-order valence-corrected chi connectivity index (χ2v) is 8.18. The molecule has 31 heavy (non-hydrogen) atoms. The lowest BCUT2D eigenvalue weighted by atomic mass is 10.2. The molecule has 0 fully saturated rings. The Labute approximate surface area is 185 Å². The van der Waals surface area contributed by atoms with Crippen molar-refractivity contribution in [3.63, 3.8) is 0 Å². The van der Waals surface area contributed by atoms with Gasteiger partial charge < -0.3 is 9.30 Å². The fraction of sp³-hybridized carbons (Fsp3) is 0.160. The molecule has 1 amide bonds. The van der Waals surface area contributed by atoms with Crippen molar-refractivity contribution < 1.29 is 9.53 Å². The number of thiazole rings is 1. The zero-order chi connectivity index (χ0) is 21.6. The molecule has 0 spiro atoms. The van der Waals surface area contributed by atoms with E-state index < -0.39 is 0 Å². The van der Waals surface area contributed by atoms with Crippen molar-refractivity contribution in [2.24, 2.45) is 4.99 Å². The summed E-state index contributed by atoms with van der Waals surface area (Å²) >= 11 is 1.43. The number of aromatic nitrogens is 2. The van der Waals surface area contributed by atoms with E-state index in [0.717, 1.165) is 21.9 Å². The minimum absolute atomic E-state index is 0.124. The summed E-state index contributed by atoms with van der Waals surface area (Å²) in [5.74, 6) is 0.462. The molecule has 0 aliphatic heterocycles. The van der Waals surface area contributed by atoms with Crippen LogP contribution in [0.4, 0.5) is 0 Å². The van der Waals surface area contributed by atoms with Crippen molar-refractivity contribution >= 4 is 17.2 Å². The number of nitrogens with zero attached hydrogens (tertiary/aromatic N) is 3. The van der Waals surface area contributed by atoms with Gasteiger partial charge in [0.2, 0.25) is 0 Å². The summed E-state index contributed by atoms with van der Waals surface area (Å²) in [5.41, 5.74) is 3.03. The standard InChI is InChI=1S/C25H23N3O2S/c1-18(2)30-21-13-11-20(12-14-21)25-26-22(17-31-25)24(29)27-23-10-6-7-15-28(23)16-19-8-4-3-5-9-19/h3-15,17-18H,16H2,1-2H3. The van der Waals surface area contributed by atoms with Gasteiger partial charge in [-0.3, -0.25) is 4.79 Å². The van der Waals surface area contributed by atoms with Crippen molar-refractivity contribution in [2.45, 2.75) is 26.5 Å². The molecule has 5 nitrogen and oxygen atoms in total. The van der Waals surface area contributed by atoms with Crippen molar-refractivity contribution in [1.29, 1.82) is 0 Å². The van der Waals surface area contributed by atoms with E-state index in [1.165, 1.54) is 11.3 Å². The van der Waals surface area contributed by atoms with Gasteiger partial charge in [-0.1, -0.05) is 36.4 Å². The Bertz CT molecular complexity index is 1230. The molecule has 0 atom stereocenters. The highest BCUT2D eigenvalue weighted by atomic mass is 32.1. The van der Waals surface area contributed by atoms with Gasteiger partial charge >= 0.3 is 0 Å². The van der Waals surface area contributed by atoms with Crippen LogP contribution in [0.3, 0.4) is 0 Å². The molecular weight excluding hydrogens is 406 g/mol. The van der Waals surface area contributed by atoms with E-state index in [1.807, 2.05) is 85.3 Å². The first-order chi connectivity index (χ1) is 15.1. The fourth-order valence-corrected chi connectivity index (χ4v) is 3.90. The summed E-state index contributed by atoms with van der Waals surface area (Å²) in [7, 11) is 0. The highest BCUT2D eigenvalue weighted by Gasteiger charge is 2.12. The number of carbonyl (C=O) groups excluding carboxylic acids is 1. The maximum absolute atomic E-state index is 12.8. The number of hydrogen-bond donors (Lipinski definition) is 0. The van der Waals surface area contributed by atoms with Gasteiger partial charge in [0.05, 0.1) is 6.10 Å². The molecule has 6 heteroatoms. The van der Waals surface area contributed by atoms with Gasteiger partial charge in [-0.25, -0.2) is 4.98 Å². The first kappa shape index (κ1) is 20.8. The molecule has 0 aliphatic rings. The zero-order valence-electron chi connectivity index (χ0n) is 17.4. The first-order valence-corrected chi connectivity index (χ1v) is 11.0. The van der Waals surface area contributed by atoms with Crippen molar-refractivity contribution in [3.8, 4) is 16.3 Å². The molecule has 0 saturated heterocycles. The topological polar surface area (TPSA) is 56.5 Å². The van der Waals surface area contributed by atoms with Crippen LogP contribution in [0.1, 0.15) is 29.9 Å². The molecule has 2 aromatic carbocycles. The maximum atomic E-state index is 12.8. The van der Waals surface area contributed by atoms with Gasteiger partial charge in [-0.2, -0.15) is 4.99 Å². The van der Waals surface area contributed by atoms with Crippen molar-refractivity contribution in [3.05, 3.63) is 101 Å². The van der Waals surface area contributed by atoms with E-state index in [0.29, 0.717) is 17.7 Å². The van der Waals surface area contributed by atoms with Gasteiger partial charge in [0.1, 0.15) is 21.9 Å². The normalized spacial score (nSPS) is 11.6. The van der Waals surface area contributed by atoms with Crippen LogP contribution in [-0.2, 0) is 6.54 Å². The summed E-state index contributed by atoms with van der Waals surface area (Å²) in [4.78, 5) is 21.6. The molecule has 0 radical (unpaired) electrons. The summed E-state index contributed by atoms with van der Waals surface area (Å²) in [6.45, 7) is 4.62. The quantitative estimate of drug-likeness (QED) is 0.424. The Morgan fingerprint density at radius 1 is 1.03 bits per heavy atom. The SMILES string of the molecule is CC(C)Oc1ccc(-c2nc(C(=O)N=c3ccccn3Cc3ccccc3)cs2)cc1. The lowest BCUT2D eigenvalue weighted by Crippen LogP contribution is -2.22. The summed E-state index contributed by atoms with van der Waals surface area (Å²) in [6.07, 6.45) is 2.05. The lowest BCUT2D eigenvalue weighted by Gasteiger charge is -2.09. The van der Waals surface area contributed by atoms with Crippen LogP contribution in [0, 0.1) is 0 Å². The van der Waals surface area contributed by atoms with E-state index >= 15 is 0 Å². The number of hydrogen-bond acceptors (Lipinski definition) is 4. The van der Waals surface area contributed by atoms with Crippen LogP contribution >= 0.6 is 11.3 Å². The Balaban J connectivity index is 1.55. The molecule has 0 unspecified atom stereocenters. The van der Waals surface area contributed by atoms with Gasteiger partial charge in [0.15, 0.2) is 0 Å². The van der Waals surface area contributed by atoms with Crippen LogP contribution in [0.2, 0.25) is 0 Å². The Kier molecular flexibility index (Phi) is 6.38. The molecule has 156 valence electrons. The van der Waals surface area contributed by atoms with Gasteiger partial charge in [0.25, 0.3) is 5.91 Å². The van der Waals surface area contributed by atoms with E-state index in [4.69, 9.17) is 4.74 Å². The number of amides is 1. The Morgan fingerprint density at radius 2 is 1.77 bits per heavy atom. The zero-order valence-corrected chi connectivity index (χ0v) is 18.3. The van der Waals surface area contributed by atoms with Crippen LogP contribution in [-0.4, -0.2) is 21.6 Å². The average Bonchev–Trinajstić information content (AvgIpc) is 3.26. The number of rotatable bonds is 6. The van der Waals surface area contributed by atoms with E-state index in [1.54, 1.807) is 5.38 Å². The Hall–Kier alpha value is -3.51. The van der Waals surface area contributed by atoms with Crippen LogP contribution in [0.5, 0.6) is 5.75 Å². The number of benzene rings is 2. The van der Waals surface area contributed by atoms with Crippen LogP contribution in [0.15, 0.2) is 89.4 Å². The monoisotopic (exact) mass is 429 g/mol. The molecule has 4 aromatic rings. The largest absolute Gasteiger partial charge is 0.491 e. The van der Waals surface area contributed by atoms with Gasteiger partial charge in [-0.15, -0.1) is 11.3 Å². The summed E-state index contributed by atoms with van der Waals surface area (Å²) < 4.78 is 7.63. The molecule has 0 N–H and O–H groups in total. The molecule has 2 heterocycles. The van der Waals surface area contributed by atoms with E-state index in [-0.39, 0.29) is 12.0 Å². The summed E-state index contributed by atoms with van der Waals surface area (Å²) in [5, 5.41) is 2.53. The molecule has 4 rings (SSSR count). The second kappa shape index (κ2) is 9.53. The molecule has 0 aliphatic carbocycles. The van der Waals surface area contributed by atoms with Crippen molar-refractivity contribution in [2.75, 3.05) is 0 Å². The third-order valence-corrected chi connectivity index (χ3v) is 5.42. The van der Waals surface area contributed by atoms with Gasteiger partial charge in [-0.05, 0) is 55.8 Å². The van der Waals surface area contributed by atoms with E-state index in [2.05, 4.69) is 22.1 Å². The van der Waals surface area contributed by atoms with Gasteiger partial charge in [0, 0.05) is 23.7 Å². The third kappa shape index (κ3) is 5.35. The third-order valence-electron chi connectivity index (χ3n) is 4.52. The minimum atomic E-state index is -0.352. The first-order valence-electron chi connectivity index (χ1n) is 10.1. The van der Waals surface area contributed by atoms with Crippen molar-refractivity contribution in [1.82, 2.24) is 9.55 Å². The fourth-order valence-electron chi connectivity index (χ4n) is 3.10. The average molecular weight is 430 g/mol. The van der Waals surface area contributed by atoms with Crippen LogP contribution < -0.4 is 10.2 Å². The minimum Gasteiger partial charge on any atom is -0.491 e. The van der Waals surface area contributed by atoms with E-state index in [9.17, 15) is 4.79 Å². The maximum Gasteiger partial charge on any atom is 0.298 e. The second-order valence-electron chi connectivity index (χ2n) is 7.32. The number of pyridine rings is 1. The predicted molar refractivity (Wildman–Crippen MR) is 123 cm³/mol. The highest BCUT2D eigenvalue weighted by Crippen LogP contribution is 2.26. The van der Waals surface area contributed by atoms with Crippen LogP contribution in [0.25, 0.3) is 10.6 Å². The number of carbonyl (C=O) groups is 1. The summed E-state index contributed by atoms with van der Waals surface area (Å²) in [6, 6.07) is 23.5. The molecular formula is C25H23N3O2S. The molecule has 0 bridgehead atoms.